The number of hydrogen-bond donors (Lipinski definition) is 2. The van der Waals surface area contributed by atoms with Crippen LogP contribution in [-0.4, -0.2) is 26.8 Å². The monoisotopic (exact) mass is 444 g/mol. The van der Waals surface area contributed by atoms with E-state index in [1.54, 1.807) is 0 Å². The lowest BCUT2D eigenvalue weighted by Crippen LogP contribution is -2.15. The number of hydrogen-bond acceptors (Lipinski definition) is 4. The SMILES string of the molecule is Cc1cccc(-c2nc(SCC(=O)Nc3ccc(Br)cc3C(C)C)n[nH]2)c1. The zero-order chi connectivity index (χ0) is 19.4. The lowest BCUT2D eigenvalue weighted by atomic mass is 10.0. The summed E-state index contributed by atoms with van der Waals surface area (Å²) in [6.45, 7) is 6.24. The van der Waals surface area contributed by atoms with Crippen molar-refractivity contribution in [1.29, 1.82) is 0 Å². The van der Waals surface area contributed by atoms with E-state index >= 15 is 0 Å². The van der Waals surface area contributed by atoms with Crippen molar-refractivity contribution < 1.29 is 4.79 Å². The van der Waals surface area contributed by atoms with E-state index in [4.69, 9.17) is 0 Å². The maximum Gasteiger partial charge on any atom is 0.234 e. The molecule has 0 unspecified atom stereocenters. The quantitative estimate of drug-likeness (QED) is 0.499. The van der Waals surface area contributed by atoms with Gasteiger partial charge in [-0.15, -0.1) is 5.10 Å². The van der Waals surface area contributed by atoms with E-state index in [1.807, 2.05) is 49.4 Å². The minimum atomic E-state index is -0.0777. The third-order valence-corrected chi connectivity index (χ3v) is 5.34. The summed E-state index contributed by atoms with van der Waals surface area (Å²) < 4.78 is 1.00. The molecule has 0 spiro atoms. The number of rotatable bonds is 6. The van der Waals surface area contributed by atoms with E-state index in [9.17, 15) is 4.79 Å². The number of nitrogens with zero attached hydrogens (tertiary/aromatic N) is 2. The smallest absolute Gasteiger partial charge is 0.234 e. The number of halogens is 1. The molecule has 0 radical (unpaired) electrons. The van der Waals surface area contributed by atoms with Gasteiger partial charge in [-0.25, -0.2) is 4.98 Å². The minimum Gasteiger partial charge on any atom is -0.325 e. The molecule has 0 bridgehead atoms. The summed E-state index contributed by atoms with van der Waals surface area (Å²) in [6, 6.07) is 13.9. The van der Waals surface area contributed by atoms with E-state index in [-0.39, 0.29) is 11.7 Å². The first-order valence-corrected chi connectivity index (χ1v) is 10.4. The van der Waals surface area contributed by atoms with Crippen molar-refractivity contribution >= 4 is 39.3 Å². The van der Waals surface area contributed by atoms with Crippen molar-refractivity contribution in [3.63, 3.8) is 0 Å². The molecule has 0 aliphatic rings. The molecule has 3 rings (SSSR count). The van der Waals surface area contributed by atoms with Crippen LogP contribution in [-0.2, 0) is 4.79 Å². The van der Waals surface area contributed by atoms with Crippen LogP contribution in [0.2, 0.25) is 0 Å². The summed E-state index contributed by atoms with van der Waals surface area (Å²) in [5, 5.41) is 10.7. The zero-order valence-corrected chi connectivity index (χ0v) is 17.8. The number of amides is 1. The molecule has 1 aromatic heterocycles. The number of aromatic nitrogens is 3. The van der Waals surface area contributed by atoms with Crippen molar-refractivity contribution in [2.24, 2.45) is 0 Å². The Morgan fingerprint density at radius 2 is 2.07 bits per heavy atom. The molecular formula is C20H21BrN4OS. The predicted molar refractivity (Wildman–Crippen MR) is 114 cm³/mol. The molecule has 0 saturated carbocycles. The van der Waals surface area contributed by atoms with Crippen LogP contribution >= 0.6 is 27.7 Å². The van der Waals surface area contributed by atoms with E-state index in [0.717, 1.165) is 26.9 Å². The summed E-state index contributed by atoms with van der Waals surface area (Å²) >= 11 is 4.79. The highest BCUT2D eigenvalue weighted by molar-refractivity contribution is 9.10. The van der Waals surface area contributed by atoms with Gasteiger partial charge >= 0.3 is 0 Å². The number of benzene rings is 2. The van der Waals surface area contributed by atoms with Crippen LogP contribution < -0.4 is 5.32 Å². The first-order chi connectivity index (χ1) is 12.9. The van der Waals surface area contributed by atoms with Crippen molar-refractivity contribution in [2.45, 2.75) is 31.8 Å². The van der Waals surface area contributed by atoms with Gasteiger partial charge in [0.25, 0.3) is 0 Å². The van der Waals surface area contributed by atoms with Crippen molar-refractivity contribution in [3.8, 4) is 11.4 Å². The standard InChI is InChI=1S/C20H21BrN4OS/c1-12(2)16-10-15(21)7-8-17(16)22-18(26)11-27-20-23-19(24-25-20)14-6-4-5-13(3)9-14/h4-10,12H,11H2,1-3H3,(H,22,26)(H,23,24,25). The van der Waals surface area contributed by atoms with Gasteiger partial charge in [-0.3, -0.25) is 9.89 Å². The molecule has 2 aromatic carbocycles. The number of thioether (sulfide) groups is 1. The third kappa shape index (κ3) is 5.20. The van der Waals surface area contributed by atoms with E-state index in [1.165, 1.54) is 11.8 Å². The van der Waals surface area contributed by atoms with Crippen LogP contribution in [0.15, 0.2) is 52.1 Å². The second-order valence-electron chi connectivity index (χ2n) is 6.56. The second-order valence-corrected chi connectivity index (χ2v) is 8.42. The molecule has 0 atom stereocenters. The van der Waals surface area contributed by atoms with Crippen LogP contribution in [0, 0.1) is 6.92 Å². The number of aryl methyl sites for hydroxylation is 1. The summed E-state index contributed by atoms with van der Waals surface area (Å²) in [4.78, 5) is 16.8. The van der Waals surface area contributed by atoms with E-state index in [0.29, 0.717) is 16.9 Å². The van der Waals surface area contributed by atoms with Gasteiger partial charge in [0, 0.05) is 15.7 Å². The predicted octanol–water partition coefficient (Wildman–Crippen LogP) is 5.40. The number of carbonyl (C=O) groups excluding carboxylic acids is 1. The Morgan fingerprint density at radius 1 is 1.26 bits per heavy atom. The maximum absolute atomic E-state index is 12.4. The molecule has 1 heterocycles. The fraction of sp³-hybridized carbons (Fsp3) is 0.250. The summed E-state index contributed by atoms with van der Waals surface area (Å²) in [5.41, 5.74) is 4.08. The molecule has 0 aliphatic carbocycles. The molecule has 2 N–H and O–H groups in total. The molecule has 5 nitrogen and oxygen atoms in total. The zero-order valence-electron chi connectivity index (χ0n) is 15.4. The van der Waals surface area contributed by atoms with Gasteiger partial charge in [-0.05, 0) is 42.7 Å². The average Bonchev–Trinajstić information content (AvgIpc) is 3.10. The molecule has 7 heteroatoms. The molecule has 27 heavy (non-hydrogen) atoms. The Morgan fingerprint density at radius 3 is 2.81 bits per heavy atom. The van der Waals surface area contributed by atoms with Crippen LogP contribution in [0.5, 0.6) is 0 Å². The topological polar surface area (TPSA) is 70.7 Å². The third-order valence-electron chi connectivity index (χ3n) is 4.00. The Hall–Kier alpha value is -2.12. The first kappa shape index (κ1) is 19.6. The van der Waals surface area contributed by atoms with Gasteiger partial charge in [0.15, 0.2) is 5.82 Å². The van der Waals surface area contributed by atoms with Crippen molar-refractivity contribution in [1.82, 2.24) is 15.2 Å². The lowest BCUT2D eigenvalue weighted by molar-refractivity contribution is -0.113. The van der Waals surface area contributed by atoms with E-state index < -0.39 is 0 Å². The molecule has 140 valence electrons. The highest BCUT2D eigenvalue weighted by atomic mass is 79.9. The van der Waals surface area contributed by atoms with Crippen LogP contribution in [0.25, 0.3) is 11.4 Å². The molecule has 1 amide bonds. The summed E-state index contributed by atoms with van der Waals surface area (Å²) in [6.07, 6.45) is 0. The number of H-pyrrole nitrogens is 1. The van der Waals surface area contributed by atoms with Crippen LogP contribution in [0.3, 0.4) is 0 Å². The Kier molecular flexibility index (Phi) is 6.34. The summed E-state index contributed by atoms with van der Waals surface area (Å²) in [5.74, 6) is 1.19. The summed E-state index contributed by atoms with van der Waals surface area (Å²) in [7, 11) is 0. The normalized spacial score (nSPS) is 11.0. The minimum absolute atomic E-state index is 0.0777. The van der Waals surface area contributed by atoms with Gasteiger partial charge in [0.2, 0.25) is 11.1 Å². The molecule has 0 saturated heterocycles. The van der Waals surface area contributed by atoms with Gasteiger partial charge in [-0.2, -0.15) is 0 Å². The highest BCUT2D eigenvalue weighted by Crippen LogP contribution is 2.28. The second kappa shape index (κ2) is 8.71. The fourth-order valence-electron chi connectivity index (χ4n) is 2.67. The van der Waals surface area contributed by atoms with Gasteiger partial charge in [-0.1, -0.05) is 65.3 Å². The number of carbonyl (C=O) groups is 1. The van der Waals surface area contributed by atoms with Crippen molar-refractivity contribution in [2.75, 3.05) is 11.1 Å². The number of aromatic amines is 1. The molecular weight excluding hydrogens is 424 g/mol. The van der Waals surface area contributed by atoms with Crippen molar-refractivity contribution in [3.05, 3.63) is 58.1 Å². The molecule has 0 fully saturated rings. The Labute approximate surface area is 171 Å². The highest BCUT2D eigenvalue weighted by Gasteiger charge is 2.12. The average molecular weight is 445 g/mol. The number of nitrogens with one attached hydrogen (secondary N) is 2. The number of anilines is 1. The first-order valence-electron chi connectivity index (χ1n) is 8.64. The van der Waals surface area contributed by atoms with E-state index in [2.05, 4.69) is 50.3 Å². The van der Waals surface area contributed by atoms with Crippen LogP contribution in [0.4, 0.5) is 5.69 Å². The largest absolute Gasteiger partial charge is 0.325 e. The van der Waals surface area contributed by atoms with Crippen LogP contribution in [0.1, 0.15) is 30.9 Å². The maximum atomic E-state index is 12.4. The molecule has 3 aromatic rings. The Balaban J connectivity index is 1.62. The molecule has 0 aliphatic heterocycles. The van der Waals surface area contributed by atoms with Gasteiger partial charge in [0.05, 0.1) is 5.75 Å². The van der Waals surface area contributed by atoms with Gasteiger partial charge < -0.3 is 5.32 Å². The van der Waals surface area contributed by atoms with Gasteiger partial charge in [0.1, 0.15) is 0 Å². The lowest BCUT2D eigenvalue weighted by Gasteiger charge is -2.14. The fourth-order valence-corrected chi connectivity index (χ4v) is 3.65. The Bertz CT molecular complexity index is 955.